The van der Waals surface area contributed by atoms with Gasteiger partial charge in [0.15, 0.2) is 0 Å². The van der Waals surface area contributed by atoms with E-state index in [1.165, 1.54) is 12.3 Å². The predicted molar refractivity (Wildman–Crippen MR) is 174 cm³/mol. The van der Waals surface area contributed by atoms with Gasteiger partial charge in [-0.2, -0.15) is 0 Å². The van der Waals surface area contributed by atoms with Crippen LogP contribution in [-0.4, -0.2) is 64.7 Å². The minimum absolute atomic E-state index is 0.336. The first-order chi connectivity index (χ1) is 20.1. The van der Waals surface area contributed by atoms with Crippen molar-refractivity contribution < 1.29 is 27.9 Å². The van der Waals surface area contributed by atoms with Gasteiger partial charge in [0.25, 0.3) is 11.6 Å². The van der Waals surface area contributed by atoms with Crippen molar-refractivity contribution in [3.8, 4) is 0 Å². The van der Waals surface area contributed by atoms with Gasteiger partial charge in [0.1, 0.15) is 12.4 Å². The lowest BCUT2D eigenvalue weighted by molar-refractivity contribution is 0.00578. The molecule has 0 atom stereocenters. The topological polar surface area (TPSA) is 89.9 Å². The van der Waals surface area contributed by atoms with Crippen LogP contribution in [0.2, 0.25) is 5.02 Å². The van der Waals surface area contributed by atoms with Gasteiger partial charge in [-0.3, -0.25) is 0 Å². The minimum Gasteiger partial charge on any atom is -0.405 e. The van der Waals surface area contributed by atoms with E-state index in [9.17, 15) is 0 Å². The van der Waals surface area contributed by atoms with Gasteiger partial charge in [0, 0.05) is 5.02 Å². The van der Waals surface area contributed by atoms with Crippen molar-refractivity contribution in [2.24, 2.45) is 0 Å². The Morgan fingerprint density at radius 3 is 1.25 bits per heavy atom. The Morgan fingerprint density at radius 1 is 0.568 bits per heavy atom. The summed E-state index contributed by atoms with van der Waals surface area (Å²) in [6, 6.07) is 6.68. The Kier molecular flexibility index (Phi) is 10.4. The first-order valence-electron chi connectivity index (χ1n) is 14.5. The quantitative estimate of drug-likeness (QED) is 0.278. The average Bonchev–Trinajstić information content (AvgIpc) is 3.38. The van der Waals surface area contributed by atoms with E-state index in [1.807, 2.05) is 89.2 Å². The number of hydrogen-bond donors (Lipinski definition) is 0. The van der Waals surface area contributed by atoms with Crippen molar-refractivity contribution in [2.75, 3.05) is 0 Å². The number of pyridine rings is 2. The summed E-state index contributed by atoms with van der Waals surface area (Å²) < 4.78 is 35.6. The summed E-state index contributed by atoms with van der Waals surface area (Å²) in [6.07, 6.45) is 3.11. The van der Waals surface area contributed by atoms with E-state index in [4.69, 9.17) is 52.7 Å². The third kappa shape index (κ3) is 7.84. The SMILES string of the molecule is CC1(C)OB(B2OC(C)(C)C(C)(C)O2)OC1(C)C.[C-]#[N+]c1cc(B2OC(C)(C)C(C)(C)O2)ccn1.[C-]#[N+]c1cc(Cl)ccn1. The van der Waals surface area contributed by atoms with E-state index in [-0.39, 0.29) is 33.6 Å². The molecule has 10 nitrogen and oxygen atoms in total. The van der Waals surface area contributed by atoms with Crippen molar-refractivity contribution in [3.05, 3.63) is 64.5 Å². The molecule has 0 bridgehead atoms. The molecule has 3 aliphatic heterocycles. The fraction of sp³-hybridized carbons (Fsp3) is 0.600. The Labute approximate surface area is 268 Å². The van der Waals surface area contributed by atoms with Crippen LogP contribution in [0.15, 0.2) is 36.7 Å². The molecule has 44 heavy (non-hydrogen) atoms. The molecule has 14 heteroatoms. The van der Waals surface area contributed by atoms with Crippen LogP contribution in [0.25, 0.3) is 9.69 Å². The normalized spacial score (nSPS) is 23.0. The maximum atomic E-state index is 6.95. The van der Waals surface area contributed by atoms with Crippen molar-refractivity contribution in [3.63, 3.8) is 0 Å². The fourth-order valence-corrected chi connectivity index (χ4v) is 4.23. The highest BCUT2D eigenvalue weighted by molar-refractivity contribution is 7.11. The summed E-state index contributed by atoms with van der Waals surface area (Å²) in [5, 5.41) is 0.552. The lowest BCUT2D eigenvalue weighted by Gasteiger charge is -2.32. The average molecular weight is 623 g/mol. The fourth-order valence-electron chi connectivity index (χ4n) is 4.08. The molecule has 5 rings (SSSR count). The molecule has 0 saturated carbocycles. The van der Waals surface area contributed by atoms with Gasteiger partial charge >= 0.3 is 21.1 Å². The summed E-state index contributed by atoms with van der Waals surface area (Å²) in [5.74, 6) is 0.694. The summed E-state index contributed by atoms with van der Waals surface area (Å²) in [4.78, 5) is 14.0. The molecule has 0 N–H and O–H groups in total. The molecule has 0 aromatic carbocycles. The second-order valence-corrected chi connectivity index (χ2v) is 14.3. The number of hydrogen-bond acceptors (Lipinski definition) is 8. The smallest absolute Gasteiger partial charge is 0.405 e. The monoisotopic (exact) mass is 622 g/mol. The van der Waals surface area contributed by atoms with Gasteiger partial charge in [-0.15, -0.1) is 9.97 Å². The number of nitrogens with zero attached hydrogens (tertiary/aromatic N) is 4. The van der Waals surface area contributed by atoms with E-state index in [0.29, 0.717) is 16.7 Å². The molecule has 0 spiro atoms. The Balaban J connectivity index is 0.000000190. The van der Waals surface area contributed by atoms with Crippen LogP contribution in [-0.2, 0) is 27.9 Å². The van der Waals surface area contributed by atoms with E-state index in [2.05, 4.69) is 19.7 Å². The molecular formula is C30H42B3ClN4O6. The summed E-state index contributed by atoms with van der Waals surface area (Å²) in [5.41, 5.74) is -1.33. The summed E-state index contributed by atoms with van der Waals surface area (Å²) in [7, 11) is -1.38. The van der Waals surface area contributed by atoms with Crippen LogP contribution in [0, 0.1) is 13.1 Å². The highest BCUT2D eigenvalue weighted by Gasteiger charge is 2.63. The Bertz CT molecular complexity index is 1340. The van der Waals surface area contributed by atoms with Crippen LogP contribution in [0.1, 0.15) is 83.1 Å². The molecule has 234 valence electrons. The zero-order chi connectivity index (χ0) is 33.4. The molecule has 5 heterocycles. The molecule has 2 aromatic heterocycles. The molecule has 0 unspecified atom stereocenters. The third-order valence-electron chi connectivity index (χ3n) is 9.00. The predicted octanol–water partition coefficient (Wildman–Crippen LogP) is 6.47. The van der Waals surface area contributed by atoms with Crippen LogP contribution in [0.5, 0.6) is 0 Å². The molecule has 0 amide bonds. The van der Waals surface area contributed by atoms with Crippen molar-refractivity contribution >= 4 is 49.8 Å². The van der Waals surface area contributed by atoms with Gasteiger partial charge < -0.3 is 37.6 Å². The first kappa shape index (κ1) is 36.0. The lowest BCUT2D eigenvalue weighted by Crippen LogP contribution is -2.41. The van der Waals surface area contributed by atoms with E-state index >= 15 is 0 Å². The van der Waals surface area contributed by atoms with Gasteiger partial charge in [-0.25, -0.2) is 0 Å². The molecule has 2 aromatic rings. The molecular weight excluding hydrogens is 580 g/mol. The molecule has 3 saturated heterocycles. The molecule has 0 aliphatic carbocycles. The third-order valence-corrected chi connectivity index (χ3v) is 9.23. The Hall–Kier alpha value is -2.48. The lowest BCUT2D eigenvalue weighted by atomic mass is 9.49. The molecule has 3 fully saturated rings. The van der Waals surface area contributed by atoms with Crippen molar-refractivity contribution in [1.82, 2.24) is 9.97 Å². The second kappa shape index (κ2) is 12.7. The molecule has 0 radical (unpaired) electrons. The standard InChI is InChI=1S/C12H24B2O4.C12H15BN2O2.C6H3ClN2/c1-9(2)10(3,4)16-13(15-9)14-17-11(5,6)12(7,8)18-14;1-11(2)12(3,4)17-13(16-11)9-6-7-15-10(8-9)14-5;1-8-6-4-5(7)2-3-9-6/h1-8H3;6-8H,1-4H3;2-4H. The second-order valence-electron chi connectivity index (χ2n) is 13.8. The highest BCUT2D eigenvalue weighted by atomic mass is 35.5. The van der Waals surface area contributed by atoms with Gasteiger partial charge in [0.05, 0.1) is 33.6 Å². The van der Waals surface area contributed by atoms with E-state index < -0.39 is 21.1 Å². The zero-order valence-electron chi connectivity index (χ0n) is 27.8. The number of halogens is 1. The highest BCUT2D eigenvalue weighted by Crippen LogP contribution is 2.43. The van der Waals surface area contributed by atoms with Crippen LogP contribution in [0.4, 0.5) is 11.6 Å². The maximum Gasteiger partial charge on any atom is 0.493 e. The number of rotatable bonds is 2. The van der Waals surface area contributed by atoms with Crippen LogP contribution in [0.3, 0.4) is 0 Å². The van der Waals surface area contributed by atoms with Gasteiger partial charge in [-0.1, -0.05) is 24.7 Å². The van der Waals surface area contributed by atoms with Crippen LogP contribution >= 0.6 is 11.6 Å². The maximum absolute atomic E-state index is 6.95. The summed E-state index contributed by atoms with van der Waals surface area (Å²) in [6.45, 7) is 37.7. The van der Waals surface area contributed by atoms with Gasteiger partial charge in [-0.05, 0) is 113 Å². The zero-order valence-corrected chi connectivity index (χ0v) is 28.6. The summed E-state index contributed by atoms with van der Waals surface area (Å²) >= 11 is 5.54. The van der Waals surface area contributed by atoms with Crippen molar-refractivity contribution in [2.45, 2.75) is 117 Å². The van der Waals surface area contributed by atoms with Crippen LogP contribution < -0.4 is 5.46 Å². The Morgan fingerprint density at radius 2 is 0.909 bits per heavy atom. The van der Waals surface area contributed by atoms with E-state index in [1.54, 1.807) is 18.3 Å². The largest absolute Gasteiger partial charge is 0.493 e. The van der Waals surface area contributed by atoms with E-state index in [0.717, 1.165) is 5.46 Å². The minimum atomic E-state index is -0.476. The first-order valence-corrected chi connectivity index (χ1v) is 14.8. The number of aromatic nitrogens is 2. The van der Waals surface area contributed by atoms with Crippen molar-refractivity contribution in [1.29, 1.82) is 0 Å². The van der Waals surface area contributed by atoms with Gasteiger partial charge in [0.2, 0.25) is 0 Å². The molecule has 3 aliphatic rings.